The third kappa shape index (κ3) is 4.60. The van der Waals surface area contributed by atoms with E-state index in [-0.39, 0.29) is 0 Å². The van der Waals surface area contributed by atoms with Gasteiger partial charge in [0.05, 0.1) is 0 Å². The second-order valence-electron chi connectivity index (χ2n) is 3.85. The van der Waals surface area contributed by atoms with Crippen LogP contribution in [-0.4, -0.2) is 31.8 Å². The summed E-state index contributed by atoms with van der Waals surface area (Å²) >= 11 is 0. The minimum absolute atomic E-state index is 0.453. The van der Waals surface area contributed by atoms with Crippen LogP contribution < -0.4 is 11.1 Å². The van der Waals surface area contributed by atoms with Gasteiger partial charge < -0.3 is 15.8 Å². The van der Waals surface area contributed by atoms with Crippen LogP contribution in [0.15, 0.2) is 0 Å². The highest BCUT2D eigenvalue weighted by atomic mass is 16.5. The van der Waals surface area contributed by atoms with Crippen molar-refractivity contribution in [2.24, 2.45) is 5.73 Å². The largest absolute Gasteiger partial charge is 0.381 e. The molecule has 3 N–H and O–H groups in total. The molecule has 78 valence electrons. The molecule has 1 aliphatic rings. The van der Waals surface area contributed by atoms with E-state index < -0.39 is 0 Å². The summed E-state index contributed by atoms with van der Waals surface area (Å²) in [4.78, 5) is 0. The normalized spacial score (nSPS) is 27.2. The Bertz CT molecular complexity index is 124. The lowest BCUT2D eigenvalue weighted by Gasteiger charge is -2.33. The van der Waals surface area contributed by atoms with E-state index in [2.05, 4.69) is 12.2 Å². The molecule has 0 saturated heterocycles. The number of nitrogens with one attached hydrogen (secondary N) is 1. The Labute approximate surface area is 81.0 Å². The van der Waals surface area contributed by atoms with Gasteiger partial charge in [-0.2, -0.15) is 0 Å². The van der Waals surface area contributed by atoms with Gasteiger partial charge in [-0.15, -0.1) is 0 Å². The standard InChI is InChI=1S/C10H22N2O/c1-2-5-13-6-3-4-12-10-7-9(11)8-10/h9-10,12H,2-8,11H2,1H3. The topological polar surface area (TPSA) is 47.3 Å². The SMILES string of the molecule is CCCOCCCNC1CC(N)C1. The maximum atomic E-state index is 5.67. The first-order valence-corrected chi connectivity index (χ1v) is 5.39. The minimum atomic E-state index is 0.453. The molecule has 13 heavy (non-hydrogen) atoms. The second kappa shape index (κ2) is 6.35. The molecule has 0 aliphatic heterocycles. The molecular formula is C10H22N2O. The lowest BCUT2D eigenvalue weighted by molar-refractivity contribution is 0.130. The van der Waals surface area contributed by atoms with Crippen LogP contribution in [0.5, 0.6) is 0 Å². The molecule has 3 heteroatoms. The van der Waals surface area contributed by atoms with Crippen molar-refractivity contribution in [3.63, 3.8) is 0 Å². The smallest absolute Gasteiger partial charge is 0.0478 e. The predicted molar refractivity (Wildman–Crippen MR) is 54.7 cm³/mol. The highest BCUT2D eigenvalue weighted by molar-refractivity contribution is 4.87. The van der Waals surface area contributed by atoms with Crippen LogP contribution in [0, 0.1) is 0 Å². The molecule has 0 aromatic heterocycles. The van der Waals surface area contributed by atoms with Gasteiger partial charge in [-0.05, 0) is 32.2 Å². The molecule has 0 unspecified atom stereocenters. The first-order valence-electron chi connectivity index (χ1n) is 5.39. The zero-order valence-corrected chi connectivity index (χ0v) is 8.59. The van der Waals surface area contributed by atoms with Crippen molar-refractivity contribution < 1.29 is 4.74 Å². The van der Waals surface area contributed by atoms with Gasteiger partial charge in [0.25, 0.3) is 0 Å². The van der Waals surface area contributed by atoms with Crippen molar-refractivity contribution in [1.82, 2.24) is 5.32 Å². The van der Waals surface area contributed by atoms with Gasteiger partial charge in [0.15, 0.2) is 0 Å². The van der Waals surface area contributed by atoms with Gasteiger partial charge in [-0.1, -0.05) is 6.92 Å². The zero-order chi connectivity index (χ0) is 9.52. The van der Waals surface area contributed by atoms with Gasteiger partial charge in [0.1, 0.15) is 0 Å². The number of hydrogen-bond donors (Lipinski definition) is 2. The Morgan fingerprint density at radius 1 is 1.38 bits per heavy atom. The van der Waals surface area contributed by atoms with Crippen LogP contribution in [0.3, 0.4) is 0 Å². The van der Waals surface area contributed by atoms with E-state index in [0.29, 0.717) is 12.1 Å². The van der Waals surface area contributed by atoms with Gasteiger partial charge in [0.2, 0.25) is 0 Å². The molecule has 1 saturated carbocycles. The molecule has 0 spiro atoms. The molecule has 0 radical (unpaired) electrons. The van der Waals surface area contributed by atoms with Gasteiger partial charge in [0, 0.05) is 25.3 Å². The monoisotopic (exact) mass is 186 g/mol. The second-order valence-corrected chi connectivity index (χ2v) is 3.85. The summed E-state index contributed by atoms with van der Waals surface area (Å²) in [5, 5.41) is 3.47. The molecule has 1 rings (SSSR count). The first-order chi connectivity index (χ1) is 6.33. The summed E-state index contributed by atoms with van der Waals surface area (Å²) in [6.07, 6.45) is 4.53. The molecule has 1 aliphatic carbocycles. The highest BCUT2D eigenvalue weighted by Crippen LogP contribution is 2.16. The molecule has 0 heterocycles. The molecule has 0 aromatic rings. The van der Waals surface area contributed by atoms with Crippen molar-refractivity contribution in [1.29, 1.82) is 0 Å². The molecule has 1 fully saturated rings. The molecule has 0 atom stereocenters. The fourth-order valence-electron chi connectivity index (χ4n) is 1.56. The van der Waals surface area contributed by atoms with E-state index >= 15 is 0 Å². The van der Waals surface area contributed by atoms with Gasteiger partial charge >= 0.3 is 0 Å². The van der Waals surface area contributed by atoms with Crippen LogP contribution in [0.2, 0.25) is 0 Å². The van der Waals surface area contributed by atoms with E-state index in [0.717, 1.165) is 45.4 Å². The number of ether oxygens (including phenoxy) is 1. The average molecular weight is 186 g/mol. The average Bonchev–Trinajstić information content (AvgIpc) is 2.07. The van der Waals surface area contributed by atoms with E-state index in [9.17, 15) is 0 Å². The van der Waals surface area contributed by atoms with Crippen LogP contribution >= 0.6 is 0 Å². The Hall–Kier alpha value is -0.120. The zero-order valence-electron chi connectivity index (χ0n) is 8.59. The fourth-order valence-corrected chi connectivity index (χ4v) is 1.56. The van der Waals surface area contributed by atoms with Gasteiger partial charge in [-0.25, -0.2) is 0 Å². The fraction of sp³-hybridized carbons (Fsp3) is 1.00. The van der Waals surface area contributed by atoms with E-state index in [1.54, 1.807) is 0 Å². The van der Waals surface area contributed by atoms with E-state index in [1.165, 1.54) is 0 Å². The van der Waals surface area contributed by atoms with Crippen molar-refractivity contribution in [2.75, 3.05) is 19.8 Å². The maximum absolute atomic E-state index is 5.67. The Morgan fingerprint density at radius 3 is 2.77 bits per heavy atom. The van der Waals surface area contributed by atoms with Crippen molar-refractivity contribution in [3.05, 3.63) is 0 Å². The number of nitrogens with two attached hydrogens (primary N) is 1. The third-order valence-electron chi connectivity index (χ3n) is 2.42. The lowest BCUT2D eigenvalue weighted by Crippen LogP contribution is -2.48. The minimum Gasteiger partial charge on any atom is -0.381 e. The summed E-state index contributed by atoms with van der Waals surface area (Å²) in [5.74, 6) is 0. The van der Waals surface area contributed by atoms with Crippen LogP contribution in [0.1, 0.15) is 32.6 Å². The van der Waals surface area contributed by atoms with Crippen LogP contribution in [0.4, 0.5) is 0 Å². The Balaban J connectivity index is 1.74. The Kier molecular flexibility index (Phi) is 5.35. The summed E-state index contributed by atoms with van der Waals surface area (Å²) in [6, 6.07) is 1.13. The molecule has 0 bridgehead atoms. The maximum Gasteiger partial charge on any atom is 0.0478 e. The third-order valence-corrected chi connectivity index (χ3v) is 2.42. The predicted octanol–water partition coefficient (Wildman–Crippen LogP) is 0.882. The van der Waals surface area contributed by atoms with Crippen molar-refractivity contribution in [3.8, 4) is 0 Å². The summed E-state index contributed by atoms with van der Waals surface area (Å²) in [7, 11) is 0. The lowest BCUT2D eigenvalue weighted by atomic mass is 9.88. The summed E-state index contributed by atoms with van der Waals surface area (Å²) in [6.45, 7) is 4.99. The van der Waals surface area contributed by atoms with Crippen molar-refractivity contribution in [2.45, 2.75) is 44.7 Å². The van der Waals surface area contributed by atoms with Gasteiger partial charge in [-0.3, -0.25) is 0 Å². The molecule has 0 amide bonds. The number of hydrogen-bond acceptors (Lipinski definition) is 3. The molecular weight excluding hydrogens is 164 g/mol. The van der Waals surface area contributed by atoms with Crippen molar-refractivity contribution >= 4 is 0 Å². The van der Waals surface area contributed by atoms with E-state index in [1.807, 2.05) is 0 Å². The summed E-state index contributed by atoms with van der Waals surface area (Å²) in [5.41, 5.74) is 5.67. The quantitative estimate of drug-likeness (QED) is 0.580. The number of rotatable bonds is 7. The molecule has 0 aromatic carbocycles. The first kappa shape index (κ1) is 11.0. The van der Waals surface area contributed by atoms with Crippen LogP contribution in [-0.2, 0) is 4.74 Å². The van der Waals surface area contributed by atoms with E-state index in [4.69, 9.17) is 10.5 Å². The Morgan fingerprint density at radius 2 is 2.15 bits per heavy atom. The highest BCUT2D eigenvalue weighted by Gasteiger charge is 2.24. The summed E-state index contributed by atoms with van der Waals surface area (Å²) < 4.78 is 5.37. The van der Waals surface area contributed by atoms with Crippen LogP contribution in [0.25, 0.3) is 0 Å². The molecule has 3 nitrogen and oxygen atoms in total.